The number of ether oxygens (including phenoxy) is 2. The van der Waals surface area contributed by atoms with E-state index in [4.69, 9.17) is 9.47 Å². The van der Waals surface area contributed by atoms with E-state index in [9.17, 15) is 18.9 Å². The number of fused-ring (bicyclic) bond motifs is 1. The Labute approximate surface area is 246 Å². The number of aromatic nitrogens is 4. The van der Waals surface area contributed by atoms with Crippen molar-refractivity contribution >= 4 is 34.0 Å². The molecule has 0 saturated heterocycles. The number of nitrogens with one attached hydrogen (secondary N) is 1. The second kappa shape index (κ2) is 13.1. The highest BCUT2D eigenvalue weighted by Crippen LogP contribution is 2.39. The fourth-order valence-corrected chi connectivity index (χ4v) is 4.46. The molecule has 1 N–H and O–H groups in total. The summed E-state index contributed by atoms with van der Waals surface area (Å²) in [5.74, 6) is -0.276. The number of alkyl halides is 2. The highest BCUT2D eigenvalue weighted by atomic mass is 19.3. The molecule has 0 aliphatic carbocycles. The molecule has 230 valence electrons. The lowest BCUT2D eigenvalue weighted by molar-refractivity contribution is -0.384. The monoisotopic (exact) mass is 602 g/mol. The van der Waals surface area contributed by atoms with Crippen molar-refractivity contribution in [2.45, 2.75) is 26.3 Å². The quantitative estimate of drug-likeness (QED) is 0.155. The summed E-state index contributed by atoms with van der Waals surface area (Å²) in [6.45, 7) is 3.95. The third-order valence-electron chi connectivity index (χ3n) is 6.56. The molecule has 0 fully saturated rings. The number of nitro groups is 1. The smallest absolute Gasteiger partial charge is 0.297 e. The van der Waals surface area contributed by atoms with E-state index in [0.29, 0.717) is 41.3 Å². The molecule has 2 aromatic carbocycles. The number of benzene rings is 2. The minimum Gasteiger partial charge on any atom is -0.494 e. The maximum atomic E-state index is 15.2. The fraction of sp³-hybridized carbons (Fsp3) is 0.393. The van der Waals surface area contributed by atoms with E-state index >= 15 is 4.39 Å². The minimum absolute atomic E-state index is 0.0261. The van der Waals surface area contributed by atoms with Gasteiger partial charge in [0.1, 0.15) is 17.0 Å². The predicted molar refractivity (Wildman–Crippen MR) is 157 cm³/mol. The second-order valence-electron chi connectivity index (χ2n) is 10.3. The average Bonchev–Trinajstić information content (AvgIpc) is 3.34. The molecule has 0 amide bonds. The summed E-state index contributed by atoms with van der Waals surface area (Å²) in [4.78, 5) is 28.1. The Balaban J connectivity index is 1.71. The van der Waals surface area contributed by atoms with Crippen LogP contribution in [0.1, 0.15) is 19.9 Å². The van der Waals surface area contributed by atoms with E-state index in [-0.39, 0.29) is 34.9 Å². The third kappa shape index (κ3) is 7.05. The number of anilines is 3. The van der Waals surface area contributed by atoms with Crippen LogP contribution in [0, 0.1) is 15.9 Å². The summed E-state index contributed by atoms with van der Waals surface area (Å²) in [6, 6.07) is 6.97. The molecule has 0 aliphatic heterocycles. The van der Waals surface area contributed by atoms with Crippen molar-refractivity contribution in [1.29, 1.82) is 0 Å². The van der Waals surface area contributed by atoms with Gasteiger partial charge in [-0.3, -0.25) is 14.7 Å². The van der Waals surface area contributed by atoms with Crippen molar-refractivity contribution in [3.63, 3.8) is 0 Å². The first kappa shape index (κ1) is 31.3. The number of nitro benzene ring substituents is 1. The lowest BCUT2D eigenvalue weighted by Gasteiger charge is -2.22. The van der Waals surface area contributed by atoms with Gasteiger partial charge in [-0.05, 0) is 46.1 Å². The van der Waals surface area contributed by atoms with Gasteiger partial charge in [0.25, 0.3) is 18.1 Å². The summed E-state index contributed by atoms with van der Waals surface area (Å²) in [6.07, 6.45) is -1.26. The van der Waals surface area contributed by atoms with Crippen molar-refractivity contribution in [2.24, 2.45) is 0 Å². The standard InChI is InChI=1S/C28H33F3N8O4/c1-16(2)38-23-12-17(11-18(29)26(23)35-28(38)43-15-25(30)31)19-7-8-32-27(33-19)34-20-13-22(39(40)41)21(14-24(20)42-6)37(5)10-9-36(3)4/h7-8,11-14,16,25H,9-10,15H2,1-6H3,(H,32,33,34). The van der Waals surface area contributed by atoms with Gasteiger partial charge >= 0.3 is 0 Å². The van der Waals surface area contributed by atoms with Crippen LogP contribution in [0.2, 0.25) is 0 Å². The topological polar surface area (TPSA) is 124 Å². The molecule has 0 radical (unpaired) electrons. The first-order valence-corrected chi connectivity index (χ1v) is 13.3. The van der Waals surface area contributed by atoms with Crippen LogP contribution in [0.4, 0.5) is 36.2 Å². The Bertz CT molecular complexity index is 1610. The van der Waals surface area contributed by atoms with E-state index in [1.54, 1.807) is 44.0 Å². The third-order valence-corrected chi connectivity index (χ3v) is 6.56. The van der Waals surface area contributed by atoms with Crippen molar-refractivity contribution in [3.8, 4) is 23.0 Å². The van der Waals surface area contributed by atoms with Gasteiger partial charge in [-0.25, -0.2) is 23.1 Å². The Kier molecular flexibility index (Phi) is 9.53. The predicted octanol–water partition coefficient (Wildman–Crippen LogP) is 5.52. The largest absolute Gasteiger partial charge is 0.494 e. The second-order valence-corrected chi connectivity index (χ2v) is 10.3. The van der Waals surface area contributed by atoms with E-state index in [1.807, 2.05) is 19.0 Å². The molecular weight excluding hydrogens is 569 g/mol. The summed E-state index contributed by atoms with van der Waals surface area (Å²) < 4.78 is 53.0. The molecule has 0 atom stereocenters. The van der Waals surface area contributed by atoms with Crippen LogP contribution >= 0.6 is 0 Å². The van der Waals surface area contributed by atoms with Crippen molar-refractivity contribution in [2.75, 3.05) is 58.2 Å². The Morgan fingerprint density at radius 3 is 2.49 bits per heavy atom. The van der Waals surface area contributed by atoms with Gasteiger partial charge in [0.2, 0.25) is 5.95 Å². The van der Waals surface area contributed by atoms with Crippen LogP contribution in [0.15, 0.2) is 36.5 Å². The van der Waals surface area contributed by atoms with Crippen molar-refractivity contribution in [3.05, 3.63) is 52.5 Å². The van der Waals surface area contributed by atoms with Gasteiger partial charge in [0.05, 0.1) is 28.9 Å². The molecule has 12 nitrogen and oxygen atoms in total. The number of imidazole rings is 1. The maximum absolute atomic E-state index is 15.2. The molecule has 0 saturated carbocycles. The van der Waals surface area contributed by atoms with E-state index in [1.165, 1.54) is 30.0 Å². The first-order valence-electron chi connectivity index (χ1n) is 13.3. The molecule has 15 heteroatoms. The number of rotatable bonds is 13. The number of halogens is 3. The van der Waals surface area contributed by atoms with Crippen molar-refractivity contribution < 1.29 is 27.6 Å². The molecule has 43 heavy (non-hydrogen) atoms. The van der Waals surface area contributed by atoms with Crippen LogP contribution < -0.4 is 19.7 Å². The zero-order chi connectivity index (χ0) is 31.4. The van der Waals surface area contributed by atoms with Crippen LogP contribution in [0.3, 0.4) is 0 Å². The number of hydrogen-bond donors (Lipinski definition) is 1. The van der Waals surface area contributed by atoms with Crippen LogP contribution in [-0.2, 0) is 0 Å². The Hall–Kier alpha value is -4.66. The number of hydrogen-bond acceptors (Lipinski definition) is 10. The maximum Gasteiger partial charge on any atom is 0.297 e. The lowest BCUT2D eigenvalue weighted by Crippen LogP contribution is -2.28. The summed E-state index contributed by atoms with van der Waals surface area (Å²) in [7, 11) is 7.04. The lowest BCUT2D eigenvalue weighted by atomic mass is 10.1. The molecule has 4 aromatic rings. The SMILES string of the molecule is COc1cc(N(C)CCN(C)C)c([N+](=O)[O-])cc1Nc1nccc(-c2cc(F)c3nc(OCC(F)F)n(C(C)C)c3c2)n1. The Morgan fingerprint density at radius 2 is 1.86 bits per heavy atom. The van der Waals surface area contributed by atoms with Gasteiger partial charge in [0, 0.05) is 50.1 Å². The van der Waals surface area contributed by atoms with Crippen LogP contribution in [0.25, 0.3) is 22.3 Å². The summed E-state index contributed by atoms with van der Waals surface area (Å²) >= 11 is 0. The average molecular weight is 603 g/mol. The number of methoxy groups -OCH3 is 1. The van der Waals surface area contributed by atoms with E-state index in [0.717, 1.165) is 0 Å². The van der Waals surface area contributed by atoms with Crippen LogP contribution in [-0.4, -0.2) is 83.7 Å². The molecule has 2 aromatic heterocycles. The van der Waals surface area contributed by atoms with Crippen LogP contribution in [0.5, 0.6) is 11.8 Å². The van der Waals surface area contributed by atoms with E-state index in [2.05, 4.69) is 20.3 Å². The van der Waals surface area contributed by atoms with Gasteiger partial charge in [0.15, 0.2) is 12.4 Å². The molecule has 0 unspecified atom stereocenters. The molecule has 0 aliphatic rings. The van der Waals surface area contributed by atoms with Crippen molar-refractivity contribution in [1.82, 2.24) is 24.4 Å². The molecular formula is C28H33F3N8O4. The fourth-order valence-electron chi connectivity index (χ4n) is 4.46. The van der Waals surface area contributed by atoms with E-state index < -0.39 is 23.8 Å². The first-order chi connectivity index (χ1) is 20.4. The molecule has 2 heterocycles. The Morgan fingerprint density at radius 1 is 1.12 bits per heavy atom. The minimum atomic E-state index is -2.71. The highest BCUT2D eigenvalue weighted by Gasteiger charge is 2.23. The zero-order valence-electron chi connectivity index (χ0n) is 24.6. The zero-order valence-corrected chi connectivity index (χ0v) is 24.6. The normalized spacial score (nSPS) is 11.5. The molecule has 0 spiro atoms. The number of nitrogens with zero attached hydrogens (tertiary/aromatic N) is 7. The summed E-state index contributed by atoms with van der Waals surface area (Å²) in [5.41, 5.74) is 1.52. The summed E-state index contributed by atoms with van der Waals surface area (Å²) in [5, 5.41) is 15.0. The highest BCUT2D eigenvalue weighted by molar-refractivity contribution is 5.84. The molecule has 0 bridgehead atoms. The molecule has 4 rings (SSSR count). The van der Waals surface area contributed by atoms with Gasteiger partial charge in [-0.15, -0.1) is 0 Å². The van der Waals surface area contributed by atoms with Gasteiger partial charge < -0.3 is 24.6 Å². The van der Waals surface area contributed by atoms with Gasteiger partial charge in [-0.1, -0.05) is 0 Å². The number of likely N-dealkylation sites (N-methyl/N-ethyl adjacent to an activating group) is 2. The van der Waals surface area contributed by atoms with Gasteiger partial charge in [-0.2, -0.15) is 4.98 Å².